The van der Waals surface area contributed by atoms with E-state index in [0.29, 0.717) is 0 Å². The summed E-state index contributed by atoms with van der Waals surface area (Å²) in [6, 6.07) is 0. The van der Waals surface area contributed by atoms with Gasteiger partial charge in [-0.1, -0.05) is 0 Å². The van der Waals surface area contributed by atoms with E-state index in [4.69, 9.17) is 21.1 Å². The highest BCUT2D eigenvalue weighted by atomic mass is 16.6. The molecule has 0 spiro atoms. The number of carbonyl (C=O) groups is 1. The minimum absolute atomic E-state index is 0.0846. The van der Waals surface area contributed by atoms with Crippen LogP contribution in [0.25, 0.3) is 0 Å². The molecule has 1 aliphatic rings. The van der Waals surface area contributed by atoms with Gasteiger partial charge in [0, 0.05) is 0 Å². The van der Waals surface area contributed by atoms with E-state index in [0.717, 1.165) is 0 Å². The molecule has 6 N–H and O–H groups in total. The van der Waals surface area contributed by atoms with E-state index >= 15 is 0 Å². The molecular formula is C9H20N2O5. The van der Waals surface area contributed by atoms with Crippen molar-refractivity contribution in [3.05, 3.63) is 0 Å². The first-order chi connectivity index (χ1) is 7.28. The van der Waals surface area contributed by atoms with Gasteiger partial charge in [0.25, 0.3) is 0 Å². The lowest BCUT2D eigenvalue weighted by Crippen LogP contribution is -2.43. The molecule has 1 fully saturated rings. The molecule has 96 valence electrons. The Morgan fingerprint density at radius 3 is 2.12 bits per heavy atom. The van der Waals surface area contributed by atoms with Crippen LogP contribution in [-0.2, 0) is 4.74 Å². The third-order valence-electron chi connectivity index (χ3n) is 2.00. The Kier molecular flexibility index (Phi) is 5.66. The molecule has 0 radical (unpaired) electrons. The van der Waals surface area contributed by atoms with Crippen LogP contribution in [0.1, 0.15) is 13.8 Å². The Morgan fingerprint density at radius 1 is 1.50 bits per heavy atom. The maximum Gasteiger partial charge on any atom is 0.407 e. The van der Waals surface area contributed by atoms with Crippen molar-refractivity contribution in [3.63, 3.8) is 0 Å². The largest absolute Gasteiger partial charge is 0.447 e. The zero-order valence-electron chi connectivity index (χ0n) is 9.56. The third-order valence-corrected chi connectivity index (χ3v) is 2.00. The van der Waals surface area contributed by atoms with Crippen molar-refractivity contribution in [2.24, 2.45) is 5.73 Å². The van der Waals surface area contributed by atoms with Gasteiger partial charge in [0.15, 0.2) is 0 Å². The van der Waals surface area contributed by atoms with Gasteiger partial charge in [-0.2, -0.15) is 0 Å². The summed E-state index contributed by atoms with van der Waals surface area (Å²) < 4.78 is 4.55. The van der Waals surface area contributed by atoms with Crippen molar-refractivity contribution in [2.75, 3.05) is 26.4 Å². The van der Waals surface area contributed by atoms with E-state index < -0.39 is 17.2 Å². The van der Waals surface area contributed by atoms with Crippen molar-refractivity contribution >= 4 is 6.09 Å². The number of aliphatic hydroxyl groups excluding tert-OH is 3. The van der Waals surface area contributed by atoms with Crippen LogP contribution in [0.4, 0.5) is 4.79 Å². The number of amides is 1. The fraction of sp³-hybridized carbons (Fsp3) is 0.889. The van der Waals surface area contributed by atoms with Crippen LogP contribution < -0.4 is 11.1 Å². The Labute approximate surface area is 94.2 Å². The second-order valence-electron chi connectivity index (χ2n) is 4.39. The number of aliphatic hydroxyl groups is 3. The lowest BCUT2D eigenvalue weighted by Gasteiger charge is -2.16. The number of alkyl carbamates (subject to hydrolysis) is 1. The van der Waals surface area contributed by atoms with E-state index in [-0.39, 0.29) is 26.4 Å². The summed E-state index contributed by atoms with van der Waals surface area (Å²) in [6.07, 6.45) is -0.452. The summed E-state index contributed by atoms with van der Waals surface area (Å²) in [5.74, 6) is 0. The standard InChI is InChI=1S/C5H9NO3.C4H11NO2/c1-5(2-7)3-9-4(8)6-5;1-4(5,2-6)3-7/h7H,2-3H2,1H3,(H,6,8);6-7H,2-3,5H2,1H3. The molecule has 0 saturated carbocycles. The van der Waals surface area contributed by atoms with Gasteiger partial charge in [0.05, 0.1) is 30.9 Å². The number of cyclic esters (lactones) is 1. The van der Waals surface area contributed by atoms with Crippen molar-refractivity contribution in [1.82, 2.24) is 5.32 Å². The highest BCUT2D eigenvalue weighted by molar-refractivity contribution is 5.70. The normalized spacial score (nSPS) is 24.2. The van der Waals surface area contributed by atoms with Gasteiger partial charge in [-0.3, -0.25) is 0 Å². The fourth-order valence-electron chi connectivity index (χ4n) is 0.679. The Bertz CT molecular complexity index is 228. The lowest BCUT2D eigenvalue weighted by atomic mass is 10.1. The number of ether oxygens (including phenoxy) is 1. The maximum atomic E-state index is 10.4. The SMILES string of the molecule is CC(N)(CO)CO.CC1(CO)COC(=O)N1. The summed E-state index contributed by atoms with van der Waals surface area (Å²) in [4.78, 5) is 10.4. The fourth-order valence-corrected chi connectivity index (χ4v) is 0.679. The van der Waals surface area contributed by atoms with Crippen molar-refractivity contribution in [1.29, 1.82) is 0 Å². The minimum atomic E-state index is -0.806. The molecule has 1 saturated heterocycles. The maximum absolute atomic E-state index is 10.4. The number of carbonyl (C=O) groups excluding carboxylic acids is 1. The summed E-state index contributed by atoms with van der Waals surface area (Å²) in [5.41, 5.74) is 3.85. The van der Waals surface area contributed by atoms with E-state index in [2.05, 4.69) is 10.1 Å². The molecule has 16 heavy (non-hydrogen) atoms. The first kappa shape index (κ1) is 15.1. The van der Waals surface area contributed by atoms with E-state index in [1.807, 2.05) is 0 Å². The van der Waals surface area contributed by atoms with E-state index in [1.54, 1.807) is 13.8 Å². The number of nitrogens with one attached hydrogen (secondary N) is 1. The van der Waals surface area contributed by atoms with E-state index in [9.17, 15) is 4.79 Å². The van der Waals surface area contributed by atoms with Crippen LogP contribution in [0.5, 0.6) is 0 Å². The van der Waals surface area contributed by atoms with Crippen molar-refractivity contribution in [3.8, 4) is 0 Å². The average Bonchev–Trinajstić information content (AvgIpc) is 2.61. The van der Waals surface area contributed by atoms with Gasteiger partial charge in [-0.15, -0.1) is 0 Å². The molecule has 0 aromatic heterocycles. The molecule has 1 heterocycles. The number of rotatable bonds is 3. The predicted molar refractivity (Wildman–Crippen MR) is 56.7 cm³/mol. The van der Waals surface area contributed by atoms with Gasteiger partial charge in [0.2, 0.25) is 0 Å². The number of hydrogen-bond donors (Lipinski definition) is 5. The predicted octanol–water partition coefficient (Wildman–Crippen LogP) is -1.83. The van der Waals surface area contributed by atoms with Crippen LogP contribution in [0, 0.1) is 0 Å². The molecule has 1 unspecified atom stereocenters. The second kappa shape index (κ2) is 6.00. The van der Waals surface area contributed by atoms with Crippen LogP contribution >= 0.6 is 0 Å². The molecule has 1 atom stereocenters. The average molecular weight is 236 g/mol. The quantitative estimate of drug-likeness (QED) is 0.392. The molecule has 0 aliphatic carbocycles. The number of hydrogen-bond acceptors (Lipinski definition) is 6. The zero-order chi connectivity index (χ0) is 12.8. The second-order valence-corrected chi connectivity index (χ2v) is 4.39. The first-order valence-electron chi connectivity index (χ1n) is 4.85. The van der Waals surface area contributed by atoms with Crippen LogP contribution in [0.2, 0.25) is 0 Å². The Hall–Kier alpha value is -0.890. The molecule has 1 rings (SSSR count). The molecule has 0 aromatic rings. The monoisotopic (exact) mass is 236 g/mol. The van der Waals surface area contributed by atoms with Crippen LogP contribution in [-0.4, -0.2) is 58.9 Å². The smallest absolute Gasteiger partial charge is 0.407 e. The van der Waals surface area contributed by atoms with Crippen molar-refractivity contribution < 1.29 is 24.9 Å². The lowest BCUT2D eigenvalue weighted by molar-refractivity contribution is 0.134. The van der Waals surface area contributed by atoms with Crippen LogP contribution in [0.3, 0.4) is 0 Å². The molecule has 0 bridgehead atoms. The summed E-state index contributed by atoms with van der Waals surface area (Å²) in [5, 5.41) is 27.7. The zero-order valence-corrected chi connectivity index (χ0v) is 9.56. The van der Waals surface area contributed by atoms with Gasteiger partial charge >= 0.3 is 6.09 Å². The Balaban J connectivity index is 0.000000293. The number of nitrogens with two attached hydrogens (primary N) is 1. The minimum Gasteiger partial charge on any atom is -0.447 e. The highest BCUT2D eigenvalue weighted by Crippen LogP contribution is 2.09. The molecule has 7 heteroatoms. The Morgan fingerprint density at radius 2 is 2.00 bits per heavy atom. The van der Waals surface area contributed by atoms with Gasteiger partial charge < -0.3 is 31.1 Å². The van der Waals surface area contributed by atoms with E-state index in [1.165, 1.54) is 0 Å². The van der Waals surface area contributed by atoms with Gasteiger partial charge in [0.1, 0.15) is 6.61 Å². The first-order valence-corrected chi connectivity index (χ1v) is 4.85. The van der Waals surface area contributed by atoms with Gasteiger partial charge in [-0.05, 0) is 13.8 Å². The topological polar surface area (TPSA) is 125 Å². The van der Waals surface area contributed by atoms with Crippen LogP contribution in [0.15, 0.2) is 0 Å². The summed E-state index contributed by atoms with van der Waals surface area (Å²) in [6.45, 7) is 3.11. The molecule has 7 nitrogen and oxygen atoms in total. The molecule has 1 amide bonds. The summed E-state index contributed by atoms with van der Waals surface area (Å²) >= 11 is 0. The third kappa shape index (κ3) is 5.26. The van der Waals surface area contributed by atoms with Crippen molar-refractivity contribution in [2.45, 2.75) is 24.9 Å². The molecule has 0 aromatic carbocycles. The molecular weight excluding hydrogens is 216 g/mol. The van der Waals surface area contributed by atoms with Gasteiger partial charge in [-0.25, -0.2) is 4.79 Å². The molecule has 1 aliphatic heterocycles. The summed E-state index contributed by atoms with van der Waals surface area (Å²) in [7, 11) is 0. The highest BCUT2D eigenvalue weighted by Gasteiger charge is 2.33.